The molecule has 1 amide bonds. The Hall–Kier alpha value is -2.77. The van der Waals surface area contributed by atoms with Gasteiger partial charge in [-0.25, -0.2) is 0 Å². The Labute approximate surface area is 221 Å². The van der Waals surface area contributed by atoms with Crippen molar-refractivity contribution in [2.24, 2.45) is 0 Å². The summed E-state index contributed by atoms with van der Waals surface area (Å²) in [6, 6.07) is -1.12. The summed E-state index contributed by atoms with van der Waals surface area (Å²) in [5, 5.41) is 13.2. The van der Waals surface area contributed by atoms with E-state index in [0.717, 1.165) is 52.9 Å². The number of esters is 4. The molecule has 1 aliphatic heterocycles. The molecule has 1 saturated carbocycles. The molecule has 2 rings (SSSR count). The fourth-order valence-corrected chi connectivity index (χ4v) is 4.88. The maximum Gasteiger partial charge on any atom is 0.303 e. The average Bonchev–Trinajstić information content (AvgIpc) is 2.81. The summed E-state index contributed by atoms with van der Waals surface area (Å²) >= 11 is 0. The highest BCUT2D eigenvalue weighted by Crippen LogP contribution is 2.38. The Morgan fingerprint density at radius 1 is 0.921 bits per heavy atom. The van der Waals surface area contributed by atoms with Gasteiger partial charge in [0.15, 0.2) is 18.0 Å². The van der Waals surface area contributed by atoms with Crippen LogP contribution in [0.5, 0.6) is 0 Å². The Balaban J connectivity index is 2.59. The minimum Gasteiger partial charge on any atom is -0.462 e. The van der Waals surface area contributed by atoms with E-state index in [0.29, 0.717) is 0 Å². The molecule has 1 heterocycles. The first-order valence-electron chi connectivity index (χ1n) is 12.7. The van der Waals surface area contributed by atoms with Crippen LogP contribution in [0.2, 0.25) is 0 Å². The van der Waals surface area contributed by atoms with Gasteiger partial charge in [-0.15, -0.1) is 0 Å². The van der Waals surface area contributed by atoms with Crippen molar-refractivity contribution in [3.63, 3.8) is 0 Å². The number of aliphatic hydroxyl groups excluding tert-OH is 1. The van der Waals surface area contributed by atoms with E-state index >= 15 is 0 Å². The zero-order valence-corrected chi connectivity index (χ0v) is 22.6. The maximum absolute atomic E-state index is 12.2. The highest BCUT2D eigenvalue weighted by atomic mass is 16.7. The number of aliphatic hydroxyl groups is 1. The van der Waals surface area contributed by atoms with Crippen LogP contribution in [-0.4, -0.2) is 90.5 Å². The number of hydrogen-bond acceptors (Lipinski definition) is 12. The number of carbonyl (C=O) groups is 5. The van der Waals surface area contributed by atoms with Gasteiger partial charge in [0.25, 0.3) is 0 Å². The molecular weight excluding hydrogens is 506 g/mol. The molecule has 2 aliphatic rings. The number of rotatable bonds is 11. The summed E-state index contributed by atoms with van der Waals surface area (Å²) in [6.45, 7) is 4.63. The summed E-state index contributed by atoms with van der Waals surface area (Å²) in [5.74, 6) is -5.14. The van der Waals surface area contributed by atoms with E-state index in [1.165, 1.54) is 13.8 Å². The van der Waals surface area contributed by atoms with Gasteiger partial charge in [-0.3, -0.25) is 24.0 Å². The number of carbonyl (C=O) groups excluding carboxylic acids is 5. The van der Waals surface area contributed by atoms with Crippen molar-refractivity contribution < 1.29 is 57.5 Å². The lowest BCUT2D eigenvalue weighted by atomic mass is 9.87. The molecule has 0 aromatic rings. The van der Waals surface area contributed by atoms with Gasteiger partial charge in [-0.1, -0.05) is 19.3 Å². The van der Waals surface area contributed by atoms with Crippen LogP contribution in [0, 0.1) is 0 Å². The fourth-order valence-electron chi connectivity index (χ4n) is 4.88. The normalized spacial score (nSPS) is 27.4. The molecule has 216 valence electrons. The van der Waals surface area contributed by atoms with Crippen molar-refractivity contribution in [2.45, 2.75) is 115 Å². The summed E-state index contributed by atoms with van der Waals surface area (Å²) in [4.78, 5) is 59.9. The van der Waals surface area contributed by atoms with Crippen molar-refractivity contribution in [3.8, 4) is 0 Å². The van der Waals surface area contributed by atoms with Crippen LogP contribution in [-0.2, 0) is 52.4 Å². The molecule has 0 radical (unpaired) electrons. The fraction of sp³-hybridized carbons (Fsp3) is 0.800. The Bertz CT molecular complexity index is 857. The lowest BCUT2D eigenvalue weighted by Crippen LogP contribution is -2.68. The van der Waals surface area contributed by atoms with Crippen LogP contribution >= 0.6 is 0 Å². The van der Waals surface area contributed by atoms with Gasteiger partial charge in [0.05, 0.1) is 18.8 Å². The standard InChI is InChI=1S/C25H39NO12/c1-14(28)26-22-20(34-16(3)30)11-25(13-27,37-19-9-7-6-8-10-19)38-24(22)23(36-18(5)32)21(35-17(4)31)12-33-15(2)29/h19-24,27H,6-13H2,1-5H3,(H,26,28)/t20-,21+,22+,23+,24+,25?/m0/s1. The van der Waals surface area contributed by atoms with Crippen molar-refractivity contribution in [2.75, 3.05) is 13.2 Å². The van der Waals surface area contributed by atoms with Crippen LogP contribution in [0.15, 0.2) is 0 Å². The van der Waals surface area contributed by atoms with E-state index in [1.54, 1.807) is 0 Å². The number of nitrogens with one attached hydrogen (secondary N) is 1. The lowest BCUT2D eigenvalue weighted by Gasteiger charge is -2.50. The molecule has 0 aromatic heterocycles. The van der Waals surface area contributed by atoms with E-state index in [4.69, 9.17) is 28.4 Å². The van der Waals surface area contributed by atoms with Crippen molar-refractivity contribution in [1.29, 1.82) is 0 Å². The van der Waals surface area contributed by atoms with Crippen LogP contribution in [0.4, 0.5) is 0 Å². The molecule has 0 aromatic carbocycles. The largest absolute Gasteiger partial charge is 0.462 e. The second-order valence-corrected chi connectivity index (χ2v) is 9.63. The highest BCUT2D eigenvalue weighted by Gasteiger charge is 2.55. The van der Waals surface area contributed by atoms with Crippen LogP contribution in [0.3, 0.4) is 0 Å². The first kappa shape index (κ1) is 31.4. The van der Waals surface area contributed by atoms with Gasteiger partial charge >= 0.3 is 23.9 Å². The SMILES string of the molecule is CC(=O)N[C@H]1[C@H]([C@H](OC(C)=O)[C@@H](COC(C)=O)OC(C)=O)OC(CO)(OC2CCCCC2)C[C@@H]1OC(C)=O. The van der Waals surface area contributed by atoms with Gasteiger partial charge < -0.3 is 38.8 Å². The third-order valence-electron chi connectivity index (χ3n) is 6.24. The number of hydrogen-bond donors (Lipinski definition) is 2. The zero-order valence-electron chi connectivity index (χ0n) is 22.6. The maximum atomic E-state index is 12.2. The van der Waals surface area contributed by atoms with Gasteiger partial charge in [0.2, 0.25) is 5.91 Å². The third-order valence-corrected chi connectivity index (χ3v) is 6.24. The lowest BCUT2D eigenvalue weighted by molar-refractivity contribution is -0.345. The molecule has 1 aliphatic carbocycles. The molecular formula is C25H39NO12. The Morgan fingerprint density at radius 3 is 2.05 bits per heavy atom. The van der Waals surface area contributed by atoms with Gasteiger partial charge in [-0.05, 0) is 12.8 Å². The van der Waals surface area contributed by atoms with Gasteiger partial charge in [0.1, 0.15) is 18.8 Å². The summed E-state index contributed by atoms with van der Waals surface area (Å²) < 4.78 is 34.0. The molecule has 1 saturated heterocycles. The predicted octanol–water partition coefficient (Wildman–Crippen LogP) is 0.676. The van der Waals surface area contributed by atoms with E-state index in [1.807, 2.05) is 0 Å². The van der Waals surface area contributed by atoms with Crippen molar-refractivity contribution in [1.82, 2.24) is 5.32 Å². The van der Waals surface area contributed by atoms with Gasteiger partial charge in [-0.2, -0.15) is 0 Å². The summed E-state index contributed by atoms with van der Waals surface area (Å²) in [7, 11) is 0. The topological polar surface area (TPSA) is 173 Å². The van der Waals surface area contributed by atoms with E-state index in [9.17, 15) is 29.1 Å². The van der Waals surface area contributed by atoms with Crippen LogP contribution < -0.4 is 5.32 Å². The van der Waals surface area contributed by atoms with Gasteiger partial charge in [0, 0.05) is 41.0 Å². The Morgan fingerprint density at radius 2 is 1.55 bits per heavy atom. The minimum atomic E-state index is -1.71. The molecule has 2 N–H and O–H groups in total. The van der Waals surface area contributed by atoms with E-state index < -0.39 is 79.2 Å². The first-order valence-corrected chi connectivity index (χ1v) is 12.7. The molecule has 13 nitrogen and oxygen atoms in total. The Kier molecular flexibility index (Phi) is 11.9. The molecule has 1 unspecified atom stereocenters. The van der Waals surface area contributed by atoms with Crippen LogP contribution in [0.25, 0.3) is 0 Å². The smallest absolute Gasteiger partial charge is 0.303 e. The molecule has 0 bridgehead atoms. The zero-order chi connectivity index (χ0) is 28.5. The quantitative estimate of drug-likeness (QED) is 0.275. The van der Waals surface area contributed by atoms with E-state index in [2.05, 4.69) is 5.32 Å². The number of ether oxygens (including phenoxy) is 6. The average molecular weight is 546 g/mol. The minimum absolute atomic E-state index is 0.143. The molecule has 13 heteroatoms. The number of amides is 1. The molecule has 0 spiro atoms. The highest BCUT2D eigenvalue weighted by molar-refractivity contribution is 5.73. The first-order chi connectivity index (χ1) is 17.9. The van der Waals surface area contributed by atoms with E-state index in [-0.39, 0.29) is 12.5 Å². The third kappa shape index (κ3) is 9.52. The molecule has 2 fully saturated rings. The second kappa shape index (κ2) is 14.4. The molecule has 6 atom stereocenters. The summed E-state index contributed by atoms with van der Waals surface area (Å²) in [5.41, 5.74) is 0. The van der Waals surface area contributed by atoms with Crippen molar-refractivity contribution >= 4 is 29.8 Å². The summed E-state index contributed by atoms with van der Waals surface area (Å²) in [6.07, 6.45) is -1.36. The monoisotopic (exact) mass is 545 g/mol. The van der Waals surface area contributed by atoms with Crippen LogP contribution in [0.1, 0.15) is 73.1 Å². The van der Waals surface area contributed by atoms with Crippen molar-refractivity contribution in [3.05, 3.63) is 0 Å². The second-order valence-electron chi connectivity index (χ2n) is 9.63. The molecule has 38 heavy (non-hydrogen) atoms. The predicted molar refractivity (Wildman–Crippen MR) is 128 cm³/mol.